The molecule has 3 rings (SSSR count). The maximum atomic E-state index is 9.54. The molecule has 0 unspecified atom stereocenters. The number of aliphatic hydroxyl groups excluding tert-OH is 1. The lowest BCUT2D eigenvalue weighted by molar-refractivity contribution is 0.126. The van der Waals surface area contributed by atoms with Crippen LogP contribution in [0.5, 0.6) is 0 Å². The molecule has 0 atom stereocenters. The van der Waals surface area contributed by atoms with Gasteiger partial charge in [0.05, 0.1) is 17.3 Å². The van der Waals surface area contributed by atoms with Gasteiger partial charge in [0, 0.05) is 22.9 Å². The molecule has 0 saturated heterocycles. The van der Waals surface area contributed by atoms with Gasteiger partial charge in [-0.1, -0.05) is 0 Å². The number of fused-ring (bicyclic) bond motifs is 1. The molecule has 2 heterocycles. The molecule has 0 amide bonds. The summed E-state index contributed by atoms with van der Waals surface area (Å²) in [5.41, 5.74) is 2.81. The van der Waals surface area contributed by atoms with Gasteiger partial charge in [0.15, 0.2) is 0 Å². The number of nitrogens with one attached hydrogen (secondary N) is 1. The van der Waals surface area contributed by atoms with Crippen molar-refractivity contribution in [2.24, 2.45) is 0 Å². The maximum Gasteiger partial charge on any atom is 0.112 e. The Morgan fingerprint density at radius 2 is 2.00 bits per heavy atom. The van der Waals surface area contributed by atoms with Gasteiger partial charge in [-0.15, -0.1) is 0 Å². The van der Waals surface area contributed by atoms with Gasteiger partial charge in [-0.3, -0.25) is 9.97 Å². The first kappa shape index (κ1) is 12.8. The summed E-state index contributed by atoms with van der Waals surface area (Å²) in [5, 5.41) is 13.1. The molecule has 0 bridgehead atoms. The van der Waals surface area contributed by atoms with Gasteiger partial charge in [0.25, 0.3) is 0 Å². The number of halogens is 1. The van der Waals surface area contributed by atoms with E-state index in [9.17, 15) is 5.11 Å². The molecule has 4 nitrogen and oxygen atoms in total. The Hall–Kier alpha value is -1.20. The second-order valence-electron chi connectivity index (χ2n) is 5.03. The first-order valence-electron chi connectivity index (χ1n) is 6.57. The van der Waals surface area contributed by atoms with Crippen molar-refractivity contribution in [2.75, 3.05) is 5.32 Å². The average molecular weight is 322 g/mol. The van der Waals surface area contributed by atoms with Crippen molar-refractivity contribution in [1.82, 2.24) is 9.97 Å². The Bertz CT molecular complexity index is 582. The second-order valence-corrected chi connectivity index (χ2v) is 5.95. The number of pyridine rings is 2. The van der Waals surface area contributed by atoms with Gasteiger partial charge in [-0.2, -0.15) is 0 Å². The van der Waals surface area contributed by atoms with Crippen LogP contribution in [0.25, 0.3) is 11.0 Å². The first-order valence-corrected chi connectivity index (χ1v) is 7.36. The largest absolute Gasteiger partial charge is 0.393 e. The van der Waals surface area contributed by atoms with Gasteiger partial charge in [-0.25, -0.2) is 0 Å². The zero-order chi connectivity index (χ0) is 13.2. The molecule has 1 aliphatic rings. The maximum absolute atomic E-state index is 9.54. The van der Waals surface area contributed by atoms with E-state index in [0.717, 1.165) is 46.9 Å². The molecule has 5 heteroatoms. The summed E-state index contributed by atoms with van der Waals surface area (Å²) in [6.45, 7) is 0. The van der Waals surface area contributed by atoms with E-state index in [1.54, 1.807) is 12.4 Å². The molecule has 0 aliphatic heterocycles. The molecular weight excluding hydrogens is 306 g/mol. The van der Waals surface area contributed by atoms with E-state index in [2.05, 4.69) is 31.2 Å². The lowest BCUT2D eigenvalue weighted by Gasteiger charge is -2.27. The van der Waals surface area contributed by atoms with Crippen molar-refractivity contribution in [1.29, 1.82) is 0 Å². The lowest BCUT2D eigenvalue weighted by Crippen LogP contribution is -2.28. The van der Waals surface area contributed by atoms with Crippen LogP contribution >= 0.6 is 15.9 Å². The molecular formula is C14H16BrN3O. The number of anilines is 1. The summed E-state index contributed by atoms with van der Waals surface area (Å²) in [4.78, 5) is 8.78. The predicted molar refractivity (Wildman–Crippen MR) is 79.1 cm³/mol. The highest BCUT2D eigenvalue weighted by Crippen LogP contribution is 2.26. The minimum Gasteiger partial charge on any atom is -0.393 e. The van der Waals surface area contributed by atoms with Crippen LogP contribution in [0, 0.1) is 0 Å². The molecule has 1 saturated carbocycles. The van der Waals surface area contributed by atoms with Gasteiger partial charge in [-0.05, 0) is 53.7 Å². The molecule has 2 N–H and O–H groups in total. The van der Waals surface area contributed by atoms with Crippen LogP contribution in [0.3, 0.4) is 0 Å². The van der Waals surface area contributed by atoms with Crippen LogP contribution in [0.2, 0.25) is 0 Å². The normalized spacial score (nSPS) is 23.5. The Morgan fingerprint density at radius 1 is 1.21 bits per heavy atom. The molecule has 0 aromatic carbocycles. The van der Waals surface area contributed by atoms with E-state index >= 15 is 0 Å². The van der Waals surface area contributed by atoms with E-state index in [0.29, 0.717) is 6.04 Å². The third-order valence-corrected chi connectivity index (χ3v) is 4.03. The summed E-state index contributed by atoms with van der Waals surface area (Å²) >= 11 is 3.41. The van der Waals surface area contributed by atoms with Crippen molar-refractivity contribution >= 4 is 32.7 Å². The highest BCUT2D eigenvalue weighted by Gasteiger charge is 2.19. The minimum absolute atomic E-state index is 0.124. The fourth-order valence-corrected chi connectivity index (χ4v) is 2.88. The van der Waals surface area contributed by atoms with Crippen LogP contribution in [0.4, 0.5) is 5.69 Å². The summed E-state index contributed by atoms with van der Waals surface area (Å²) in [6.07, 6.45) is 7.22. The number of rotatable bonds is 2. The van der Waals surface area contributed by atoms with Crippen LogP contribution in [-0.4, -0.2) is 27.2 Å². The number of nitrogens with zero attached hydrogens (tertiary/aromatic N) is 2. The quantitative estimate of drug-likeness (QED) is 0.892. The number of hydrogen-bond donors (Lipinski definition) is 2. The fourth-order valence-electron chi connectivity index (χ4n) is 2.56. The SMILES string of the molecule is OC1CCC(Nc2ccnc3cc(Br)cnc23)CC1. The van der Waals surface area contributed by atoms with Gasteiger partial charge >= 0.3 is 0 Å². The number of aromatic nitrogens is 2. The topological polar surface area (TPSA) is 58.0 Å². The van der Waals surface area contributed by atoms with Crippen LogP contribution in [0.1, 0.15) is 25.7 Å². The second kappa shape index (κ2) is 5.43. The molecule has 2 aromatic heterocycles. The van der Waals surface area contributed by atoms with Gasteiger partial charge in [0.2, 0.25) is 0 Å². The zero-order valence-corrected chi connectivity index (χ0v) is 12.1. The van der Waals surface area contributed by atoms with E-state index in [-0.39, 0.29) is 6.10 Å². The Balaban J connectivity index is 1.84. The number of hydrogen-bond acceptors (Lipinski definition) is 4. The number of aliphatic hydroxyl groups is 1. The van der Waals surface area contributed by atoms with Crippen molar-refractivity contribution in [2.45, 2.75) is 37.8 Å². The van der Waals surface area contributed by atoms with E-state index in [1.165, 1.54) is 0 Å². The van der Waals surface area contributed by atoms with Crippen LogP contribution in [0.15, 0.2) is 29.0 Å². The monoisotopic (exact) mass is 321 g/mol. The minimum atomic E-state index is -0.124. The molecule has 0 radical (unpaired) electrons. The van der Waals surface area contributed by atoms with Crippen molar-refractivity contribution in [3.05, 3.63) is 29.0 Å². The van der Waals surface area contributed by atoms with Gasteiger partial charge < -0.3 is 10.4 Å². The van der Waals surface area contributed by atoms with Crippen LogP contribution < -0.4 is 5.32 Å². The highest BCUT2D eigenvalue weighted by molar-refractivity contribution is 9.10. The summed E-state index contributed by atoms with van der Waals surface area (Å²) in [7, 11) is 0. The van der Waals surface area contributed by atoms with Crippen molar-refractivity contribution in [3.63, 3.8) is 0 Å². The molecule has 100 valence electrons. The van der Waals surface area contributed by atoms with Crippen molar-refractivity contribution < 1.29 is 5.11 Å². The third-order valence-electron chi connectivity index (χ3n) is 3.60. The molecule has 1 fully saturated rings. The van der Waals surface area contributed by atoms with E-state index < -0.39 is 0 Å². The lowest BCUT2D eigenvalue weighted by atomic mass is 9.93. The molecule has 0 spiro atoms. The Kier molecular flexibility index (Phi) is 3.66. The zero-order valence-electron chi connectivity index (χ0n) is 10.5. The summed E-state index contributed by atoms with van der Waals surface area (Å²) in [5.74, 6) is 0. The third kappa shape index (κ3) is 2.87. The van der Waals surface area contributed by atoms with Crippen LogP contribution in [-0.2, 0) is 0 Å². The van der Waals surface area contributed by atoms with E-state index in [1.807, 2.05) is 12.1 Å². The smallest absolute Gasteiger partial charge is 0.112 e. The molecule has 19 heavy (non-hydrogen) atoms. The highest BCUT2D eigenvalue weighted by atomic mass is 79.9. The first-order chi connectivity index (χ1) is 9.22. The Labute approximate surface area is 120 Å². The van der Waals surface area contributed by atoms with Crippen molar-refractivity contribution in [3.8, 4) is 0 Å². The van der Waals surface area contributed by atoms with E-state index in [4.69, 9.17) is 0 Å². The fraction of sp³-hybridized carbons (Fsp3) is 0.429. The predicted octanol–water partition coefficient (Wildman–Crippen LogP) is 3.11. The molecule has 1 aliphatic carbocycles. The summed E-state index contributed by atoms with van der Waals surface area (Å²) in [6, 6.07) is 4.35. The average Bonchev–Trinajstić information content (AvgIpc) is 2.41. The van der Waals surface area contributed by atoms with Gasteiger partial charge in [0.1, 0.15) is 5.52 Å². The summed E-state index contributed by atoms with van der Waals surface area (Å²) < 4.78 is 0.936. The molecule has 2 aromatic rings. The standard InChI is InChI=1S/C14H16BrN3O/c15-9-7-13-14(17-8-9)12(5-6-16-13)18-10-1-3-11(19)4-2-10/h5-8,10-11,19H,1-4H2,(H,16,18). The Morgan fingerprint density at radius 3 is 2.79 bits per heavy atom.